The van der Waals surface area contributed by atoms with Gasteiger partial charge in [-0.3, -0.25) is 29.5 Å². The molecule has 1 unspecified atom stereocenters. The highest BCUT2D eigenvalue weighted by Gasteiger charge is 2.68. The number of likely N-dealkylation sites (tertiary alicyclic amines) is 1. The Kier molecular flexibility index (Phi) is 7.89. The molecule has 0 aromatic heterocycles. The Bertz CT molecular complexity index is 1300. The van der Waals surface area contributed by atoms with Crippen LogP contribution in [0, 0.1) is 22.0 Å². The molecular formula is C28H31N3O6S2. The quantitative estimate of drug-likeness (QED) is 0.172. The lowest BCUT2D eigenvalue weighted by molar-refractivity contribution is -0.384. The van der Waals surface area contributed by atoms with Crippen molar-refractivity contribution in [2.75, 3.05) is 19.6 Å². The number of nitro benzene ring substituents is 1. The van der Waals surface area contributed by atoms with Gasteiger partial charge in [0, 0.05) is 42.5 Å². The van der Waals surface area contributed by atoms with Crippen molar-refractivity contribution in [1.29, 1.82) is 0 Å². The number of thioether (sulfide) groups is 1. The van der Waals surface area contributed by atoms with Crippen molar-refractivity contribution in [3.05, 3.63) is 86.4 Å². The van der Waals surface area contributed by atoms with Gasteiger partial charge in [0.05, 0.1) is 23.0 Å². The molecule has 1 amide bonds. The molecule has 2 aromatic rings. The summed E-state index contributed by atoms with van der Waals surface area (Å²) >= 11 is 5.61. The molecule has 11 heteroatoms. The summed E-state index contributed by atoms with van der Waals surface area (Å²) < 4.78 is 0. The first-order chi connectivity index (χ1) is 18.7. The molecular weight excluding hydrogens is 538 g/mol. The van der Waals surface area contributed by atoms with Crippen LogP contribution in [-0.4, -0.2) is 66.6 Å². The fourth-order valence-electron chi connectivity index (χ4n) is 6.02. The Morgan fingerprint density at radius 1 is 1.21 bits per heavy atom. The maximum Gasteiger partial charge on any atom is 0.269 e. The van der Waals surface area contributed by atoms with Gasteiger partial charge in [0.1, 0.15) is 10.6 Å². The van der Waals surface area contributed by atoms with Crippen molar-refractivity contribution in [3.63, 3.8) is 0 Å². The average molecular weight is 570 g/mol. The molecule has 0 radical (unpaired) electrons. The van der Waals surface area contributed by atoms with Crippen LogP contribution in [0.15, 0.2) is 65.2 Å². The molecule has 0 bridgehead atoms. The number of nitrogens with zero attached hydrogens (tertiary/aromatic N) is 3. The molecule has 5 rings (SSSR count). The Balaban J connectivity index is 1.41. The van der Waals surface area contributed by atoms with Crippen molar-refractivity contribution in [2.24, 2.45) is 11.8 Å². The van der Waals surface area contributed by atoms with Crippen molar-refractivity contribution < 1.29 is 24.7 Å². The lowest BCUT2D eigenvalue weighted by atomic mass is 9.77. The normalized spacial score (nSPS) is 26.4. The average Bonchev–Trinajstić information content (AvgIpc) is 3.50. The van der Waals surface area contributed by atoms with E-state index >= 15 is 0 Å². The van der Waals surface area contributed by atoms with Crippen LogP contribution in [0.1, 0.15) is 37.0 Å². The minimum absolute atomic E-state index is 0.0317. The van der Waals surface area contributed by atoms with Crippen LogP contribution < -0.4 is 0 Å². The van der Waals surface area contributed by atoms with E-state index in [1.165, 1.54) is 28.8 Å². The third-order valence-corrected chi connectivity index (χ3v) is 9.86. The summed E-state index contributed by atoms with van der Waals surface area (Å²) in [7, 11) is 0. The number of aliphatic hydroxyl groups excluding tert-OH is 2. The topological polar surface area (TPSA) is 124 Å². The number of aliphatic hydroxyl groups is 2. The summed E-state index contributed by atoms with van der Waals surface area (Å²) in [6.45, 7) is 3.62. The Labute approximate surface area is 236 Å². The van der Waals surface area contributed by atoms with Gasteiger partial charge < -0.3 is 10.2 Å². The number of fused-ring (bicyclic) bond motifs is 1. The van der Waals surface area contributed by atoms with Crippen molar-refractivity contribution in [1.82, 2.24) is 9.80 Å². The molecule has 5 atom stereocenters. The predicted molar refractivity (Wildman–Crippen MR) is 151 cm³/mol. The van der Waals surface area contributed by atoms with E-state index in [1.54, 1.807) is 12.1 Å². The molecule has 2 N–H and O–H groups in total. The molecule has 2 saturated heterocycles. The molecule has 2 aromatic carbocycles. The van der Waals surface area contributed by atoms with Gasteiger partial charge in [-0.15, -0.1) is 0 Å². The molecule has 2 fully saturated rings. The SMILES string of the molecule is CC[C@H](O)[C@@H]1C(=O)N2C(C(=O)S)=C(C3CCN(C[C@@H](O)c4ccccc4)C3)S[C@]12Cc1ccc([N+](=O)[O-])cc1. The minimum Gasteiger partial charge on any atom is -0.392 e. The van der Waals surface area contributed by atoms with E-state index < -0.39 is 33.0 Å². The fraction of sp³-hybridized carbons (Fsp3) is 0.429. The summed E-state index contributed by atoms with van der Waals surface area (Å²) in [5.74, 6) is -1.06. The first kappa shape index (κ1) is 27.9. The van der Waals surface area contributed by atoms with Gasteiger partial charge in [-0.1, -0.05) is 73.8 Å². The Hall–Kier alpha value is -2.70. The predicted octanol–water partition coefficient (Wildman–Crippen LogP) is 3.53. The van der Waals surface area contributed by atoms with Crippen molar-refractivity contribution >= 4 is 41.1 Å². The number of carbonyl (C=O) groups excluding carboxylic acids is 2. The minimum atomic E-state index is -0.914. The van der Waals surface area contributed by atoms with Gasteiger partial charge in [0.2, 0.25) is 11.0 Å². The number of amides is 1. The zero-order valence-electron chi connectivity index (χ0n) is 21.5. The van der Waals surface area contributed by atoms with Gasteiger partial charge in [-0.2, -0.15) is 0 Å². The smallest absolute Gasteiger partial charge is 0.269 e. The van der Waals surface area contributed by atoms with Crippen LogP contribution >= 0.6 is 24.4 Å². The number of hydrogen-bond donors (Lipinski definition) is 3. The highest BCUT2D eigenvalue weighted by atomic mass is 32.2. The highest BCUT2D eigenvalue weighted by molar-refractivity contribution is 8.05. The first-order valence-electron chi connectivity index (χ1n) is 13.0. The van der Waals surface area contributed by atoms with Crippen LogP contribution in [0.5, 0.6) is 0 Å². The Morgan fingerprint density at radius 3 is 2.51 bits per heavy atom. The van der Waals surface area contributed by atoms with E-state index in [0.29, 0.717) is 25.9 Å². The number of β-lactam (4-membered cyclic amide) rings is 1. The fourth-order valence-corrected chi connectivity index (χ4v) is 8.23. The lowest BCUT2D eigenvalue weighted by Gasteiger charge is -2.55. The number of β-amino-alcohol motifs (C(OH)–C–C–N with tert-alkyl or cyclic N) is 1. The molecule has 206 valence electrons. The zero-order valence-corrected chi connectivity index (χ0v) is 23.2. The number of hydrogen-bond acceptors (Lipinski definition) is 8. The van der Waals surface area contributed by atoms with E-state index in [9.17, 15) is 29.9 Å². The van der Waals surface area contributed by atoms with Gasteiger partial charge in [-0.25, -0.2) is 0 Å². The van der Waals surface area contributed by atoms with Crippen LogP contribution in [-0.2, 0) is 16.0 Å². The second-order valence-corrected chi connectivity index (χ2v) is 12.1. The first-order valence-corrected chi connectivity index (χ1v) is 14.3. The lowest BCUT2D eigenvalue weighted by Crippen LogP contribution is -2.71. The van der Waals surface area contributed by atoms with Gasteiger partial charge in [0.15, 0.2) is 0 Å². The maximum absolute atomic E-state index is 13.4. The number of benzene rings is 2. The summed E-state index contributed by atoms with van der Waals surface area (Å²) in [4.78, 5) is 40.5. The molecule has 0 aliphatic carbocycles. The van der Waals surface area contributed by atoms with Crippen molar-refractivity contribution in [3.8, 4) is 0 Å². The number of nitro groups is 1. The van der Waals surface area contributed by atoms with Gasteiger partial charge in [-0.05, 0) is 30.5 Å². The zero-order chi connectivity index (χ0) is 27.9. The standard InChI is InChI=1S/C28H31N3O6S2/c1-2-21(32)23-26(34)30-24(27(35)38)25(39-28(23,30)14-17-8-10-20(11-9-17)31(36)37)19-12-13-29(15-19)16-22(33)18-6-4-3-5-7-18/h3-11,19,21-23,32-33H,2,12-16H2,1H3,(H,35,38)/t19?,21-,22+,23+,28+/m0/s1. The highest BCUT2D eigenvalue weighted by Crippen LogP contribution is 2.62. The number of thiol groups is 1. The summed E-state index contributed by atoms with van der Waals surface area (Å²) in [5, 5.41) is 32.2. The summed E-state index contributed by atoms with van der Waals surface area (Å²) in [6.07, 6.45) is -0.0806. The van der Waals surface area contributed by atoms with Crippen molar-refractivity contribution in [2.45, 2.75) is 43.3 Å². The second-order valence-electron chi connectivity index (χ2n) is 10.4. The summed E-state index contributed by atoms with van der Waals surface area (Å²) in [5.41, 5.74) is 1.85. The number of non-ortho nitro benzene ring substituents is 1. The van der Waals surface area contributed by atoms with E-state index in [4.69, 9.17) is 0 Å². The van der Waals surface area contributed by atoms with Gasteiger partial charge >= 0.3 is 0 Å². The van der Waals surface area contributed by atoms with E-state index in [0.717, 1.165) is 29.0 Å². The largest absolute Gasteiger partial charge is 0.392 e. The molecule has 0 saturated carbocycles. The maximum atomic E-state index is 13.4. The molecule has 9 nitrogen and oxygen atoms in total. The monoisotopic (exact) mass is 569 g/mol. The molecule has 3 aliphatic rings. The van der Waals surface area contributed by atoms with Crippen LogP contribution in [0.4, 0.5) is 5.69 Å². The molecule has 3 heterocycles. The third-order valence-electron chi connectivity index (χ3n) is 7.96. The molecule has 3 aliphatic heterocycles. The van der Waals surface area contributed by atoms with Gasteiger partial charge in [0.25, 0.3) is 5.69 Å². The van der Waals surface area contributed by atoms with Crippen LogP contribution in [0.25, 0.3) is 0 Å². The summed E-state index contributed by atoms with van der Waals surface area (Å²) in [6, 6.07) is 15.6. The number of carbonyl (C=O) groups is 2. The molecule has 39 heavy (non-hydrogen) atoms. The number of rotatable bonds is 10. The van der Waals surface area contributed by atoms with Crippen LogP contribution in [0.3, 0.4) is 0 Å². The van der Waals surface area contributed by atoms with E-state index in [1.807, 2.05) is 37.3 Å². The van der Waals surface area contributed by atoms with Crippen LogP contribution in [0.2, 0.25) is 0 Å². The molecule has 0 spiro atoms. The second kappa shape index (κ2) is 11.1. The Morgan fingerprint density at radius 2 is 1.90 bits per heavy atom. The van der Waals surface area contributed by atoms with E-state index in [2.05, 4.69) is 17.5 Å². The van der Waals surface area contributed by atoms with E-state index in [-0.39, 0.29) is 23.2 Å². The third kappa shape index (κ3) is 5.02.